The van der Waals surface area contributed by atoms with Crippen molar-refractivity contribution in [2.75, 3.05) is 7.05 Å². The maximum Gasteiger partial charge on any atom is 0.212 e. The summed E-state index contributed by atoms with van der Waals surface area (Å²) in [6, 6.07) is 6.34. The zero-order chi connectivity index (χ0) is 17.6. The minimum atomic E-state index is -0.340. The van der Waals surface area contributed by atoms with E-state index in [1.807, 2.05) is 17.8 Å². The Morgan fingerprint density at radius 3 is 2.80 bits per heavy atom. The molecular formula is C19H25ClFN3O. The van der Waals surface area contributed by atoms with Crippen molar-refractivity contribution in [1.29, 1.82) is 0 Å². The Hall–Kier alpha value is -1.59. The molecule has 4 nitrogen and oxygen atoms in total. The highest BCUT2D eigenvalue weighted by Crippen LogP contribution is 2.27. The van der Waals surface area contributed by atoms with Gasteiger partial charge in [0.05, 0.1) is 10.7 Å². The van der Waals surface area contributed by atoms with E-state index in [0.717, 1.165) is 23.7 Å². The van der Waals surface area contributed by atoms with Crippen molar-refractivity contribution in [2.24, 2.45) is 5.92 Å². The van der Waals surface area contributed by atoms with Crippen LogP contribution in [0.4, 0.5) is 4.39 Å². The molecule has 1 heterocycles. The summed E-state index contributed by atoms with van der Waals surface area (Å²) < 4.78 is 21.1. The monoisotopic (exact) mass is 365 g/mol. The first-order valence-corrected chi connectivity index (χ1v) is 9.31. The molecule has 2 aromatic rings. The molecule has 1 aliphatic rings. The minimum Gasteiger partial charge on any atom is -0.473 e. The molecule has 1 aliphatic carbocycles. The molecule has 25 heavy (non-hydrogen) atoms. The van der Waals surface area contributed by atoms with Crippen LogP contribution in [0.3, 0.4) is 0 Å². The lowest BCUT2D eigenvalue weighted by Crippen LogP contribution is -2.16. The molecule has 0 atom stereocenters. The minimum absolute atomic E-state index is 0.300. The molecule has 1 aromatic heterocycles. The summed E-state index contributed by atoms with van der Waals surface area (Å²) in [5.41, 5.74) is 1.72. The summed E-state index contributed by atoms with van der Waals surface area (Å²) >= 11 is 6.09. The van der Waals surface area contributed by atoms with Gasteiger partial charge >= 0.3 is 0 Å². The van der Waals surface area contributed by atoms with E-state index in [2.05, 4.69) is 10.4 Å². The van der Waals surface area contributed by atoms with Crippen LogP contribution in [0.25, 0.3) is 0 Å². The second-order valence-electron chi connectivity index (χ2n) is 6.71. The van der Waals surface area contributed by atoms with E-state index in [0.29, 0.717) is 24.1 Å². The van der Waals surface area contributed by atoms with Crippen LogP contribution >= 0.6 is 11.6 Å². The summed E-state index contributed by atoms with van der Waals surface area (Å²) in [6.45, 7) is 1.88. The van der Waals surface area contributed by atoms with Crippen molar-refractivity contribution in [3.05, 3.63) is 46.4 Å². The smallest absolute Gasteiger partial charge is 0.212 e. The van der Waals surface area contributed by atoms with Gasteiger partial charge in [-0.25, -0.2) is 9.07 Å². The maximum absolute atomic E-state index is 13.2. The molecule has 0 spiro atoms. The molecule has 1 saturated carbocycles. The Kier molecular flexibility index (Phi) is 6.32. The van der Waals surface area contributed by atoms with Gasteiger partial charge in [0.1, 0.15) is 12.4 Å². The summed E-state index contributed by atoms with van der Waals surface area (Å²) in [4.78, 5) is 0. The predicted molar refractivity (Wildman–Crippen MR) is 97.3 cm³/mol. The Labute approximate surface area is 153 Å². The highest BCUT2D eigenvalue weighted by Gasteiger charge is 2.18. The molecular weight excluding hydrogens is 341 g/mol. The Balaban J connectivity index is 1.71. The standard InChI is InChI=1S/C19H25ClFN3O/c1-22-11-17-10-19(24(23-17)12-14-5-3-2-4-6-14)25-13-15-7-8-16(21)9-18(15)20/h7-10,14,22H,2-6,11-13H2,1H3. The molecule has 0 aliphatic heterocycles. The van der Waals surface area contributed by atoms with Crippen molar-refractivity contribution in [2.45, 2.75) is 51.8 Å². The molecule has 1 N–H and O–H groups in total. The zero-order valence-electron chi connectivity index (χ0n) is 14.6. The average molecular weight is 366 g/mol. The summed E-state index contributed by atoms with van der Waals surface area (Å²) in [7, 11) is 1.90. The quantitative estimate of drug-likeness (QED) is 0.782. The van der Waals surface area contributed by atoms with Gasteiger partial charge in [0.15, 0.2) is 0 Å². The molecule has 0 unspecified atom stereocenters. The van der Waals surface area contributed by atoms with Crippen LogP contribution in [-0.4, -0.2) is 16.8 Å². The zero-order valence-corrected chi connectivity index (χ0v) is 15.4. The van der Waals surface area contributed by atoms with Crippen LogP contribution < -0.4 is 10.1 Å². The summed E-state index contributed by atoms with van der Waals surface area (Å²) in [5.74, 6) is 1.07. The number of halogens is 2. The van der Waals surface area contributed by atoms with Crippen LogP contribution in [0.15, 0.2) is 24.3 Å². The number of rotatable bonds is 7. The second kappa shape index (κ2) is 8.68. The SMILES string of the molecule is CNCc1cc(OCc2ccc(F)cc2Cl)n(CC2CCCCC2)n1. The molecule has 0 amide bonds. The average Bonchev–Trinajstić information content (AvgIpc) is 2.97. The second-order valence-corrected chi connectivity index (χ2v) is 7.12. The fraction of sp³-hybridized carbons (Fsp3) is 0.526. The van der Waals surface area contributed by atoms with Gasteiger partial charge in [0, 0.05) is 24.7 Å². The van der Waals surface area contributed by atoms with Gasteiger partial charge in [-0.2, -0.15) is 5.10 Å². The first kappa shape index (κ1) is 18.2. The molecule has 0 radical (unpaired) electrons. The lowest BCUT2D eigenvalue weighted by molar-refractivity contribution is 0.245. The largest absolute Gasteiger partial charge is 0.473 e. The van der Waals surface area contributed by atoms with Gasteiger partial charge in [-0.1, -0.05) is 36.9 Å². The van der Waals surface area contributed by atoms with Gasteiger partial charge in [0.2, 0.25) is 5.88 Å². The van der Waals surface area contributed by atoms with E-state index in [1.54, 1.807) is 6.07 Å². The summed E-state index contributed by atoms with van der Waals surface area (Å²) in [6.07, 6.45) is 6.45. The number of benzene rings is 1. The van der Waals surface area contributed by atoms with E-state index in [9.17, 15) is 4.39 Å². The number of aromatic nitrogens is 2. The van der Waals surface area contributed by atoms with Gasteiger partial charge in [-0.05, 0) is 37.9 Å². The number of ether oxygens (including phenoxy) is 1. The van der Waals surface area contributed by atoms with Gasteiger partial charge in [0.25, 0.3) is 0 Å². The lowest BCUT2D eigenvalue weighted by Gasteiger charge is -2.22. The predicted octanol–water partition coefficient (Wildman–Crippen LogP) is 4.55. The third kappa shape index (κ3) is 4.95. The van der Waals surface area contributed by atoms with Crippen LogP contribution in [0.2, 0.25) is 5.02 Å². The molecule has 1 aromatic carbocycles. The summed E-state index contributed by atoms with van der Waals surface area (Å²) in [5, 5.41) is 8.19. The van der Waals surface area contributed by atoms with E-state index >= 15 is 0 Å². The van der Waals surface area contributed by atoms with Crippen molar-refractivity contribution in [1.82, 2.24) is 15.1 Å². The third-order valence-electron chi connectivity index (χ3n) is 4.70. The van der Waals surface area contributed by atoms with E-state index in [-0.39, 0.29) is 5.82 Å². The molecule has 6 heteroatoms. The molecule has 0 saturated heterocycles. The highest BCUT2D eigenvalue weighted by atomic mass is 35.5. The van der Waals surface area contributed by atoms with Crippen LogP contribution in [0.5, 0.6) is 5.88 Å². The first-order chi connectivity index (χ1) is 12.2. The molecule has 0 bridgehead atoms. The van der Waals surface area contributed by atoms with Crippen LogP contribution in [0.1, 0.15) is 43.4 Å². The lowest BCUT2D eigenvalue weighted by atomic mass is 9.89. The molecule has 1 fully saturated rings. The van der Waals surface area contributed by atoms with Gasteiger partial charge in [-0.3, -0.25) is 0 Å². The highest BCUT2D eigenvalue weighted by molar-refractivity contribution is 6.31. The third-order valence-corrected chi connectivity index (χ3v) is 5.05. The van der Waals surface area contributed by atoms with Crippen molar-refractivity contribution in [3.8, 4) is 5.88 Å². The Bertz CT molecular complexity index is 698. The number of hydrogen-bond acceptors (Lipinski definition) is 3. The van der Waals surface area contributed by atoms with E-state index in [4.69, 9.17) is 16.3 Å². The van der Waals surface area contributed by atoms with Crippen LogP contribution in [-0.2, 0) is 19.7 Å². The van der Waals surface area contributed by atoms with Crippen molar-refractivity contribution < 1.29 is 9.13 Å². The topological polar surface area (TPSA) is 39.1 Å². The fourth-order valence-corrected chi connectivity index (χ4v) is 3.59. The first-order valence-electron chi connectivity index (χ1n) is 8.93. The van der Waals surface area contributed by atoms with Gasteiger partial charge in [-0.15, -0.1) is 0 Å². The van der Waals surface area contributed by atoms with Crippen LogP contribution in [0, 0.1) is 11.7 Å². The van der Waals surface area contributed by atoms with E-state index in [1.165, 1.54) is 44.2 Å². The molecule has 136 valence electrons. The normalized spacial score (nSPS) is 15.5. The maximum atomic E-state index is 13.2. The number of nitrogens with one attached hydrogen (secondary N) is 1. The molecule has 3 rings (SSSR count). The van der Waals surface area contributed by atoms with E-state index < -0.39 is 0 Å². The van der Waals surface area contributed by atoms with Crippen molar-refractivity contribution in [3.63, 3.8) is 0 Å². The Morgan fingerprint density at radius 1 is 1.28 bits per heavy atom. The van der Waals surface area contributed by atoms with Gasteiger partial charge < -0.3 is 10.1 Å². The number of nitrogens with zero attached hydrogens (tertiary/aromatic N) is 2. The fourth-order valence-electron chi connectivity index (χ4n) is 3.37. The Morgan fingerprint density at radius 2 is 2.08 bits per heavy atom. The number of hydrogen-bond donors (Lipinski definition) is 1. The van der Waals surface area contributed by atoms with Crippen molar-refractivity contribution >= 4 is 11.6 Å².